The van der Waals surface area contributed by atoms with Gasteiger partial charge in [-0.15, -0.1) is 11.3 Å². The van der Waals surface area contributed by atoms with Crippen molar-refractivity contribution >= 4 is 23.3 Å². The number of urea groups is 1. The molecule has 1 aromatic heterocycles. The molecule has 0 fully saturated rings. The molecule has 21 heavy (non-hydrogen) atoms. The van der Waals surface area contributed by atoms with Gasteiger partial charge in [-0.3, -0.25) is 0 Å². The maximum atomic E-state index is 12.3. The van der Waals surface area contributed by atoms with Crippen LogP contribution in [-0.4, -0.2) is 40.1 Å². The first-order chi connectivity index (χ1) is 9.68. The zero-order chi connectivity index (χ0) is 16.2. The third kappa shape index (κ3) is 4.46. The third-order valence-corrected chi connectivity index (χ3v) is 4.46. The molecular weight excluding hydrogens is 288 g/mol. The fraction of sp³-hybridized carbons (Fsp3) is 0.600. The van der Waals surface area contributed by atoms with Crippen molar-refractivity contribution in [1.82, 2.24) is 10.2 Å². The Balaban J connectivity index is 2.67. The van der Waals surface area contributed by atoms with Crippen LogP contribution in [0.25, 0.3) is 0 Å². The van der Waals surface area contributed by atoms with Gasteiger partial charge in [-0.25, -0.2) is 9.59 Å². The minimum absolute atomic E-state index is 0.0470. The number of likely N-dealkylation sites (N-methyl/N-ethyl adjacent to an activating group) is 1. The van der Waals surface area contributed by atoms with Crippen LogP contribution in [-0.2, 0) is 11.2 Å². The first kappa shape index (κ1) is 17.5. The van der Waals surface area contributed by atoms with Gasteiger partial charge >= 0.3 is 12.0 Å². The fourth-order valence-corrected chi connectivity index (χ4v) is 3.16. The molecule has 1 heterocycles. The lowest BCUT2D eigenvalue weighted by Gasteiger charge is -2.35. The van der Waals surface area contributed by atoms with Gasteiger partial charge in [0.05, 0.1) is 0 Å². The summed E-state index contributed by atoms with van der Waals surface area (Å²) in [6.45, 7) is 9.16. The zero-order valence-corrected chi connectivity index (χ0v) is 14.1. The summed E-state index contributed by atoms with van der Waals surface area (Å²) in [6, 6.07) is 3.72. The predicted octanol–water partition coefficient (Wildman–Crippen LogP) is 2.88. The predicted molar refractivity (Wildman–Crippen MR) is 84.8 cm³/mol. The van der Waals surface area contributed by atoms with E-state index in [1.165, 1.54) is 28.5 Å². The van der Waals surface area contributed by atoms with Gasteiger partial charge in [0.1, 0.15) is 5.54 Å². The quantitative estimate of drug-likeness (QED) is 0.848. The molecule has 2 amide bonds. The first-order valence-electron chi connectivity index (χ1n) is 7.05. The number of aliphatic carboxylic acids is 1. The highest BCUT2D eigenvalue weighted by Gasteiger charge is 2.37. The minimum Gasteiger partial charge on any atom is -0.480 e. The molecule has 0 bridgehead atoms. The Morgan fingerprint density at radius 2 is 2.05 bits per heavy atom. The Labute approximate surface area is 130 Å². The molecule has 6 heteroatoms. The summed E-state index contributed by atoms with van der Waals surface area (Å²) in [5.74, 6) is -1.01. The van der Waals surface area contributed by atoms with E-state index in [0.29, 0.717) is 6.54 Å². The van der Waals surface area contributed by atoms with Crippen LogP contribution < -0.4 is 5.32 Å². The van der Waals surface area contributed by atoms with Crippen molar-refractivity contribution in [3.05, 3.63) is 21.9 Å². The van der Waals surface area contributed by atoms with Crippen molar-refractivity contribution in [3.8, 4) is 0 Å². The number of carbonyl (C=O) groups excluding carboxylic acids is 1. The van der Waals surface area contributed by atoms with Gasteiger partial charge in [-0.2, -0.15) is 0 Å². The number of carboxylic acid groups (broad SMARTS) is 1. The van der Waals surface area contributed by atoms with Gasteiger partial charge in [0, 0.05) is 28.8 Å². The number of hydrogen-bond acceptors (Lipinski definition) is 3. The van der Waals surface area contributed by atoms with Crippen LogP contribution in [0.1, 0.15) is 37.4 Å². The second-order valence-electron chi connectivity index (χ2n) is 5.68. The lowest BCUT2D eigenvalue weighted by molar-refractivity contribution is -0.147. The van der Waals surface area contributed by atoms with Gasteiger partial charge in [-0.1, -0.05) is 0 Å². The molecular formula is C15H24N2O3S. The van der Waals surface area contributed by atoms with Crippen LogP contribution in [0.5, 0.6) is 0 Å². The number of thiophene rings is 1. The van der Waals surface area contributed by atoms with Crippen LogP contribution in [0, 0.1) is 6.92 Å². The van der Waals surface area contributed by atoms with E-state index in [2.05, 4.69) is 17.4 Å². The standard InChI is InChI=1S/C15H24N2O3S/c1-6-17(15(4,5)13(18)19)14(20)16-10(2)9-12-8-7-11(3)21-12/h7-8,10H,6,9H2,1-5H3,(H,16,20)(H,18,19). The largest absolute Gasteiger partial charge is 0.480 e. The Kier molecular flexibility index (Phi) is 5.78. The molecule has 2 N–H and O–H groups in total. The van der Waals surface area contributed by atoms with Crippen molar-refractivity contribution in [2.75, 3.05) is 6.54 Å². The molecule has 0 aliphatic heterocycles. The average molecular weight is 312 g/mol. The third-order valence-electron chi connectivity index (χ3n) is 3.43. The molecule has 1 rings (SSSR count). The number of aryl methyl sites for hydroxylation is 1. The number of amides is 2. The number of nitrogens with one attached hydrogen (secondary N) is 1. The van der Waals surface area contributed by atoms with E-state index in [0.717, 1.165) is 6.42 Å². The molecule has 0 aromatic carbocycles. The highest BCUT2D eigenvalue weighted by atomic mass is 32.1. The van der Waals surface area contributed by atoms with E-state index in [-0.39, 0.29) is 12.1 Å². The van der Waals surface area contributed by atoms with Crippen LogP contribution in [0.2, 0.25) is 0 Å². The number of hydrogen-bond donors (Lipinski definition) is 2. The van der Waals surface area contributed by atoms with Gasteiger partial charge in [-0.05, 0) is 46.8 Å². The Hall–Kier alpha value is -1.56. The van der Waals surface area contributed by atoms with Gasteiger partial charge in [0.15, 0.2) is 0 Å². The van der Waals surface area contributed by atoms with E-state index in [9.17, 15) is 14.7 Å². The van der Waals surface area contributed by atoms with Crippen molar-refractivity contribution in [1.29, 1.82) is 0 Å². The van der Waals surface area contributed by atoms with Gasteiger partial charge < -0.3 is 15.3 Å². The number of carboxylic acids is 1. The van der Waals surface area contributed by atoms with Gasteiger partial charge in [0.25, 0.3) is 0 Å². The topological polar surface area (TPSA) is 69.6 Å². The van der Waals surface area contributed by atoms with Crippen molar-refractivity contribution in [2.24, 2.45) is 0 Å². The molecule has 0 saturated heterocycles. The summed E-state index contributed by atoms with van der Waals surface area (Å²) >= 11 is 1.71. The Morgan fingerprint density at radius 1 is 1.43 bits per heavy atom. The second-order valence-corrected chi connectivity index (χ2v) is 7.05. The van der Waals surface area contributed by atoms with Crippen LogP contribution >= 0.6 is 11.3 Å². The minimum atomic E-state index is -1.22. The molecule has 0 aliphatic carbocycles. The molecule has 0 saturated carbocycles. The van der Waals surface area contributed by atoms with Gasteiger partial charge in [0.2, 0.25) is 0 Å². The molecule has 118 valence electrons. The summed E-state index contributed by atoms with van der Waals surface area (Å²) in [5.41, 5.74) is -1.22. The average Bonchev–Trinajstić information content (AvgIpc) is 2.74. The number of nitrogens with zero attached hydrogens (tertiary/aromatic N) is 1. The van der Waals surface area contributed by atoms with E-state index >= 15 is 0 Å². The van der Waals surface area contributed by atoms with Crippen LogP contribution in [0.4, 0.5) is 4.79 Å². The van der Waals surface area contributed by atoms with E-state index in [4.69, 9.17) is 0 Å². The summed E-state index contributed by atoms with van der Waals surface area (Å²) < 4.78 is 0. The Morgan fingerprint density at radius 3 is 2.48 bits per heavy atom. The number of carbonyl (C=O) groups is 2. The fourth-order valence-electron chi connectivity index (χ4n) is 2.14. The summed E-state index contributed by atoms with van der Waals surface area (Å²) in [5, 5.41) is 12.1. The number of rotatable bonds is 6. The molecule has 0 aliphatic rings. The van der Waals surface area contributed by atoms with Crippen LogP contribution in [0.15, 0.2) is 12.1 Å². The maximum absolute atomic E-state index is 12.3. The monoisotopic (exact) mass is 312 g/mol. The van der Waals surface area contributed by atoms with E-state index in [1.807, 2.05) is 13.8 Å². The SMILES string of the molecule is CCN(C(=O)NC(C)Cc1ccc(C)s1)C(C)(C)C(=O)O. The summed E-state index contributed by atoms with van der Waals surface area (Å²) in [7, 11) is 0. The van der Waals surface area contributed by atoms with Crippen molar-refractivity contribution in [3.63, 3.8) is 0 Å². The molecule has 0 spiro atoms. The normalized spacial score (nSPS) is 12.8. The van der Waals surface area contributed by atoms with Crippen molar-refractivity contribution in [2.45, 2.75) is 52.6 Å². The highest BCUT2D eigenvalue weighted by Crippen LogP contribution is 2.18. The molecule has 5 nitrogen and oxygen atoms in total. The maximum Gasteiger partial charge on any atom is 0.329 e. The van der Waals surface area contributed by atoms with Crippen LogP contribution in [0.3, 0.4) is 0 Å². The summed E-state index contributed by atoms with van der Waals surface area (Å²) in [6.07, 6.45) is 0.745. The molecule has 1 aromatic rings. The zero-order valence-electron chi connectivity index (χ0n) is 13.3. The lowest BCUT2D eigenvalue weighted by Crippen LogP contribution is -2.57. The highest BCUT2D eigenvalue weighted by molar-refractivity contribution is 7.11. The van der Waals surface area contributed by atoms with E-state index in [1.54, 1.807) is 18.3 Å². The van der Waals surface area contributed by atoms with Crippen molar-refractivity contribution < 1.29 is 14.7 Å². The Bertz CT molecular complexity index is 511. The molecule has 1 atom stereocenters. The second kappa shape index (κ2) is 6.93. The molecule has 1 unspecified atom stereocenters. The summed E-state index contributed by atoms with van der Waals surface area (Å²) in [4.78, 5) is 27.4. The van der Waals surface area contributed by atoms with E-state index < -0.39 is 11.5 Å². The molecule has 0 radical (unpaired) electrons. The lowest BCUT2D eigenvalue weighted by atomic mass is 10.0. The smallest absolute Gasteiger partial charge is 0.329 e. The first-order valence-corrected chi connectivity index (χ1v) is 7.87.